The number of rotatable bonds is 9. The average Bonchev–Trinajstić information content (AvgIpc) is 3.40. The van der Waals surface area contributed by atoms with Crippen LogP contribution in [0.2, 0.25) is 10.0 Å². The molecule has 1 aliphatic carbocycles. The number of halogens is 3. The van der Waals surface area contributed by atoms with E-state index in [2.05, 4.69) is 21.3 Å². The maximum absolute atomic E-state index is 15.9. The van der Waals surface area contributed by atoms with Crippen LogP contribution in [0.3, 0.4) is 0 Å². The second kappa shape index (κ2) is 12.3. The van der Waals surface area contributed by atoms with Crippen molar-refractivity contribution in [2.24, 2.45) is 0 Å². The lowest BCUT2D eigenvalue weighted by molar-refractivity contribution is -0.125. The summed E-state index contributed by atoms with van der Waals surface area (Å²) in [6.07, 6.45) is 4.26. The smallest absolute Gasteiger partial charge is 0.237 e. The molecule has 0 unspecified atom stereocenters. The van der Waals surface area contributed by atoms with Gasteiger partial charge in [-0.25, -0.2) is 4.39 Å². The van der Waals surface area contributed by atoms with Gasteiger partial charge >= 0.3 is 0 Å². The van der Waals surface area contributed by atoms with Gasteiger partial charge in [0, 0.05) is 41.7 Å². The number of anilines is 1. The van der Waals surface area contributed by atoms with Crippen molar-refractivity contribution in [3.8, 4) is 0 Å². The zero-order valence-corrected chi connectivity index (χ0v) is 24.5. The van der Waals surface area contributed by atoms with Gasteiger partial charge in [0.25, 0.3) is 0 Å². The normalized spacial score (nSPS) is 24.3. The van der Waals surface area contributed by atoms with Crippen molar-refractivity contribution in [2.75, 3.05) is 31.6 Å². The minimum atomic E-state index is -1.27. The molecule has 4 N–H and O–H groups in total. The van der Waals surface area contributed by atoms with Crippen molar-refractivity contribution in [1.82, 2.24) is 16.0 Å². The molecule has 2 aromatic rings. The summed E-state index contributed by atoms with van der Waals surface area (Å²) < 4.78 is 21.4. The van der Waals surface area contributed by atoms with Gasteiger partial charge in [-0.05, 0) is 49.1 Å². The Bertz CT molecular complexity index is 1340. The van der Waals surface area contributed by atoms with Crippen LogP contribution in [-0.2, 0) is 24.5 Å². The molecule has 0 radical (unpaired) electrons. The highest BCUT2D eigenvalue weighted by Gasteiger charge is 2.72. The molecule has 5 rings (SSSR count). The van der Waals surface area contributed by atoms with Crippen molar-refractivity contribution in [3.63, 3.8) is 0 Å². The number of carbonyl (C=O) groups is 3. The first-order valence-corrected chi connectivity index (χ1v) is 15.0. The molecule has 8 nitrogen and oxygen atoms in total. The molecule has 2 heterocycles. The molecule has 3 amide bonds. The SMILES string of the molecule is CCNC(=O)CCOCCNC(=O)[C@@H]1NC2(CCCCC2)[C@@]2(C(=O)Nc3cc(Cl)ccc32)[C@H]1c1cccc(Cl)c1F. The third-order valence-corrected chi connectivity index (χ3v) is 9.23. The number of hydrogen-bond donors (Lipinski definition) is 4. The molecular weight excluding hydrogens is 570 g/mol. The fourth-order valence-corrected chi connectivity index (χ4v) is 7.48. The van der Waals surface area contributed by atoms with Crippen molar-refractivity contribution >= 4 is 46.6 Å². The van der Waals surface area contributed by atoms with Crippen molar-refractivity contribution in [2.45, 2.75) is 68.4 Å². The molecule has 41 heavy (non-hydrogen) atoms. The van der Waals surface area contributed by atoms with Gasteiger partial charge in [0.2, 0.25) is 17.7 Å². The number of hydrogen-bond acceptors (Lipinski definition) is 5. The molecule has 2 aliphatic heterocycles. The Balaban J connectivity index is 1.51. The first-order valence-electron chi connectivity index (χ1n) is 14.2. The van der Waals surface area contributed by atoms with Crippen LogP contribution in [0, 0.1) is 5.82 Å². The number of benzene rings is 2. The highest BCUT2D eigenvalue weighted by Crippen LogP contribution is 2.62. The van der Waals surface area contributed by atoms with Crippen LogP contribution >= 0.6 is 23.2 Å². The van der Waals surface area contributed by atoms with Crippen LogP contribution in [-0.4, -0.2) is 55.6 Å². The fourth-order valence-electron chi connectivity index (χ4n) is 7.13. The van der Waals surface area contributed by atoms with E-state index in [1.165, 1.54) is 6.07 Å². The Morgan fingerprint density at radius 1 is 1.10 bits per heavy atom. The van der Waals surface area contributed by atoms with Gasteiger partial charge < -0.3 is 20.7 Å². The minimum absolute atomic E-state index is 0.0725. The summed E-state index contributed by atoms with van der Waals surface area (Å²) in [6.45, 7) is 3.02. The first kappa shape index (κ1) is 29.8. The van der Waals surface area contributed by atoms with Gasteiger partial charge in [-0.3, -0.25) is 19.7 Å². The van der Waals surface area contributed by atoms with E-state index in [4.69, 9.17) is 27.9 Å². The topological polar surface area (TPSA) is 109 Å². The van der Waals surface area contributed by atoms with Crippen LogP contribution < -0.4 is 21.3 Å². The zero-order chi connectivity index (χ0) is 29.2. The Hall–Kier alpha value is -2.72. The largest absolute Gasteiger partial charge is 0.379 e. The van der Waals surface area contributed by atoms with E-state index in [1.54, 1.807) is 24.3 Å². The molecule has 2 fully saturated rings. The number of carbonyl (C=O) groups excluding carboxylic acids is 3. The highest BCUT2D eigenvalue weighted by molar-refractivity contribution is 6.31. The van der Waals surface area contributed by atoms with E-state index in [-0.39, 0.29) is 54.5 Å². The number of nitrogens with one attached hydrogen (secondary N) is 4. The first-order chi connectivity index (χ1) is 19.7. The molecule has 2 spiro atoms. The Morgan fingerprint density at radius 2 is 1.88 bits per heavy atom. The predicted octanol–water partition coefficient (Wildman–Crippen LogP) is 4.44. The van der Waals surface area contributed by atoms with Crippen LogP contribution in [0.1, 0.15) is 62.5 Å². The Labute approximate surface area is 249 Å². The van der Waals surface area contributed by atoms with Gasteiger partial charge in [0.15, 0.2) is 0 Å². The van der Waals surface area contributed by atoms with E-state index >= 15 is 4.39 Å². The molecule has 0 aromatic heterocycles. The monoisotopic (exact) mass is 604 g/mol. The van der Waals surface area contributed by atoms with Crippen LogP contribution in [0.4, 0.5) is 10.1 Å². The summed E-state index contributed by atoms with van der Waals surface area (Å²) in [5.41, 5.74) is -0.579. The van der Waals surface area contributed by atoms with E-state index in [9.17, 15) is 14.4 Å². The number of amides is 3. The van der Waals surface area contributed by atoms with Crippen LogP contribution in [0.25, 0.3) is 0 Å². The van der Waals surface area contributed by atoms with E-state index in [1.807, 2.05) is 13.0 Å². The minimum Gasteiger partial charge on any atom is -0.379 e. The van der Waals surface area contributed by atoms with Gasteiger partial charge in [-0.15, -0.1) is 0 Å². The fraction of sp³-hybridized carbons (Fsp3) is 0.500. The molecule has 220 valence electrons. The summed E-state index contributed by atoms with van der Waals surface area (Å²) >= 11 is 12.6. The average molecular weight is 606 g/mol. The summed E-state index contributed by atoms with van der Waals surface area (Å²) in [6, 6.07) is 9.06. The third-order valence-electron chi connectivity index (χ3n) is 8.70. The van der Waals surface area contributed by atoms with Gasteiger partial charge in [-0.2, -0.15) is 0 Å². The van der Waals surface area contributed by atoms with Crippen molar-refractivity contribution in [3.05, 3.63) is 63.4 Å². The quantitative estimate of drug-likeness (QED) is 0.316. The van der Waals surface area contributed by atoms with Crippen LogP contribution in [0.5, 0.6) is 0 Å². The second-order valence-corrected chi connectivity index (χ2v) is 11.8. The Morgan fingerprint density at radius 3 is 2.63 bits per heavy atom. The lowest BCUT2D eigenvalue weighted by Crippen LogP contribution is -2.60. The predicted molar refractivity (Wildman–Crippen MR) is 156 cm³/mol. The standard InChI is InChI=1S/C30H35Cl2FN4O4/c1-2-34-23(38)11-15-41-16-14-35-27(39)26-24(19-7-6-8-21(32)25(19)33)30(29(37-26)12-4-3-5-13-29)20-10-9-18(31)17-22(20)36-28(30)40/h6-10,17,24,26,37H,2-5,11-16H2,1H3,(H,34,38)(H,35,39)(H,36,40)/t24-,26+,30+/m0/s1. The van der Waals surface area contributed by atoms with E-state index < -0.39 is 28.7 Å². The summed E-state index contributed by atoms with van der Waals surface area (Å²) in [5.74, 6) is -2.27. The van der Waals surface area contributed by atoms with Crippen LogP contribution in [0.15, 0.2) is 36.4 Å². The summed E-state index contributed by atoms with van der Waals surface area (Å²) in [5, 5.41) is 12.6. The molecule has 0 bridgehead atoms. The van der Waals surface area contributed by atoms with E-state index in [0.717, 1.165) is 19.3 Å². The lowest BCUT2D eigenvalue weighted by Gasteiger charge is -2.47. The maximum atomic E-state index is 15.9. The summed E-state index contributed by atoms with van der Waals surface area (Å²) in [7, 11) is 0. The van der Waals surface area contributed by atoms with E-state index in [0.29, 0.717) is 35.7 Å². The zero-order valence-electron chi connectivity index (χ0n) is 23.0. The van der Waals surface area contributed by atoms with Crippen molar-refractivity contribution in [1.29, 1.82) is 0 Å². The molecule has 3 aliphatic rings. The number of ether oxygens (including phenoxy) is 1. The van der Waals surface area contributed by atoms with Gasteiger partial charge in [0.1, 0.15) is 11.2 Å². The van der Waals surface area contributed by atoms with Gasteiger partial charge in [0.05, 0.1) is 24.3 Å². The molecule has 2 aromatic carbocycles. The molecule has 11 heteroatoms. The van der Waals surface area contributed by atoms with Gasteiger partial charge in [-0.1, -0.05) is 60.7 Å². The molecule has 3 atom stereocenters. The molecule has 1 saturated heterocycles. The summed E-state index contributed by atoms with van der Waals surface area (Å²) in [4.78, 5) is 39.8. The number of fused-ring (bicyclic) bond motifs is 3. The van der Waals surface area contributed by atoms with Crippen molar-refractivity contribution < 1.29 is 23.5 Å². The second-order valence-electron chi connectivity index (χ2n) is 10.9. The highest BCUT2D eigenvalue weighted by atomic mass is 35.5. The maximum Gasteiger partial charge on any atom is 0.237 e. The third kappa shape index (κ3) is 5.22. The molecular formula is C30H35Cl2FN4O4. The lowest BCUT2D eigenvalue weighted by atomic mass is 9.55. The Kier molecular flexibility index (Phi) is 8.90. The molecule has 1 saturated carbocycles.